The monoisotopic (exact) mass is 397 g/mol. The molecule has 2 N–H and O–H groups in total. The number of halogens is 1. The summed E-state index contributed by atoms with van der Waals surface area (Å²) in [5.41, 5.74) is 2.32. The molecule has 140 valence electrons. The first-order chi connectivity index (χ1) is 12.0. The lowest BCUT2D eigenvalue weighted by Crippen LogP contribution is -2.17. The summed E-state index contributed by atoms with van der Waals surface area (Å²) in [6.45, 7) is 6.85. The molecule has 0 bridgehead atoms. The summed E-state index contributed by atoms with van der Waals surface area (Å²) in [6, 6.07) is 4.76. The van der Waals surface area contributed by atoms with E-state index < -0.39 is 21.7 Å². The fourth-order valence-corrected chi connectivity index (χ4v) is 4.67. The third-order valence-electron chi connectivity index (χ3n) is 4.01. The summed E-state index contributed by atoms with van der Waals surface area (Å²) >= 11 is 6.05. The van der Waals surface area contributed by atoms with E-state index in [1.165, 1.54) is 13.0 Å². The van der Waals surface area contributed by atoms with Gasteiger partial charge in [-0.25, -0.2) is 13.2 Å². The van der Waals surface area contributed by atoms with Gasteiger partial charge in [0.05, 0.1) is 22.7 Å². The van der Waals surface area contributed by atoms with E-state index in [-0.39, 0.29) is 21.2 Å². The van der Waals surface area contributed by atoms with Gasteiger partial charge < -0.3 is 9.84 Å². The van der Waals surface area contributed by atoms with Crippen molar-refractivity contribution in [1.82, 2.24) is 0 Å². The van der Waals surface area contributed by atoms with Crippen LogP contribution in [0, 0.1) is 27.7 Å². The predicted octanol–water partition coefficient (Wildman–Crippen LogP) is 3.87. The lowest BCUT2D eigenvalue weighted by Gasteiger charge is -2.17. The van der Waals surface area contributed by atoms with Crippen LogP contribution in [0.25, 0.3) is 0 Å². The number of ether oxygens (including phenoxy) is 1. The van der Waals surface area contributed by atoms with Gasteiger partial charge in [-0.2, -0.15) is 0 Å². The van der Waals surface area contributed by atoms with Crippen molar-refractivity contribution in [2.24, 2.45) is 0 Å². The van der Waals surface area contributed by atoms with Crippen molar-refractivity contribution in [3.05, 3.63) is 51.0 Å². The Labute approximate surface area is 157 Å². The topological polar surface area (TPSA) is 92.7 Å². The molecule has 0 aliphatic heterocycles. The number of phenolic OH excluding ortho intramolecular Hbond substituents is 1. The number of hydrogen-bond donors (Lipinski definition) is 2. The number of rotatable bonds is 4. The molecule has 8 heteroatoms. The quantitative estimate of drug-likeness (QED) is 0.603. The fourth-order valence-electron chi connectivity index (χ4n) is 2.89. The van der Waals surface area contributed by atoms with Gasteiger partial charge in [-0.3, -0.25) is 4.72 Å². The normalized spacial score (nSPS) is 11.3. The number of anilines is 1. The van der Waals surface area contributed by atoms with Crippen LogP contribution in [-0.4, -0.2) is 26.6 Å². The number of aromatic hydroxyl groups is 1. The Morgan fingerprint density at radius 3 is 2.15 bits per heavy atom. The molecule has 6 nitrogen and oxygen atoms in total. The maximum Gasteiger partial charge on any atom is 0.341 e. The summed E-state index contributed by atoms with van der Waals surface area (Å²) in [5, 5.41) is 9.91. The van der Waals surface area contributed by atoms with E-state index in [0.29, 0.717) is 16.7 Å². The molecule has 0 atom stereocenters. The number of aryl methyl sites for hydroxylation is 3. The van der Waals surface area contributed by atoms with E-state index in [1.807, 2.05) is 6.92 Å². The Bertz CT molecular complexity index is 976. The molecule has 2 aromatic rings. The number of nitrogens with one attached hydrogen (secondary N) is 1. The van der Waals surface area contributed by atoms with Gasteiger partial charge in [0.25, 0.3) is 10.0 Å². The van der Waals surface area contributed by atoms with Crippen LogP contribution in [0.2, 0.25) is 5.02 Å². The van der Waals surface area contributed by atoms with E-state index >= 15 is 0 Å². The SMILES string of the molecule is COC(=O)c1cc(NS(=O)(=O)c2c(C)cc(C)cc2C)c(C)c(Cl)c1O. The highest BCUT2D eigenvalue weighted by atomic mass is 35.5. The van der Waals surface area contributed by atoms with E-state index in [1.54, 1.807) is 26.0 Å². The largest absolute Gasteiger partial charge is 0.505 e. The molecular formula is C18H20ClNO5S. The minimum absolute atomic E-state index is 0.0903. The first-order valence-corrected chi connectivity index (χ1v) is 9.56. The summed E-state index contributed by atoms with van der Waals surface area (Å²) in [5.74, 6) is -1.28. The lowest BCUT2D eigenvalue weighted by atomic mass is 10.1. The zero-order valence-electron chi connectivity index (χ0n) is 15.1. The van der Waals surface area contributed by atoms with Crippen molar-refractivity contribution in [2.45, 2.75) is 32.6 Å². The van der Waals surface area contributed by atoms with Crippen molar-refractivity contribution in [1.29, 1.82) is 0 Å². The molecule has 0 saturated heterocycles. The molecule has 0 unspecified atom stereocenters. The van der Waals surface area contributed by atoms with E-state index in [2.05, 4.69) is 9.46 Å². The highest BCUT2D eigenvalue weighted by Crippen LogP contribution is 2.37. The van der Waals surface area contributed by atoms with Gasteiger partial charge in [0.15, 0.2) is 0 Å². The molecule has 0 saturated carbocycles. The van der Waals surface area contributed by atoms with Gasteiger partial charge in [-0.1, -0.05) is 29.3 Å². The lowest BCUT2D eigenvalue weighted by molar-refractivity contribution is 0.0597. The molecule has 2 rings (SSSR count). The summed E-state index contributed by atoms with van der Waals surface area (Å²) in [6.07, 6.45) is 0. The Morgan fingerprint density at radius 2 is 1.65 bits per heavy atom. The van der Waals surface area contributed by atoms with Crippen LogP contribution in [0.5, 0.6) is 5.75 Å². The summed E-state index contributed by atoms with van der Waals surface area (Å²) in [7, 11) is -2.78. The molecule has 0 spiro atoms. The van der Waals surface area contributed by atoms with Crippen molar-refractivity contribution in [2.75, 3.05) is 11.8 Å². The number of methoxy groups -OCH3 is 1. The van der Waals surface area contributed by atoms with Crippen molar-refractivity contribution >= 4 is 33.3 Å². The maximum absolute atomic E-state index is 12.9. The second kappa shape index (κ2) is 7.17. The zero-order valence-corrected chi connectivity index (χ0v) is 16.7. The number of carbonyl (C=O) groups excluding carboxylic acids is 1. The minimum Gasteiger partial charge on any atom is -0.505 e. The molecule has 0 aromatic heterocycles. The van der Waals surface area contributed by atoms with Crippen molar-refractivity contribution in [3.63, 3.8) is 0 Å². The number of carbonyl (C=O) groups is 1. The van der Waals surface area contributed by atoms with Crippen LogP contribution in [0.1, 0.15) is 32.6 Å². The van der Waals surface area contributed by atoms with Crippen LogP contribution in [0.4, 0.5) is 5.69 Å². The summed E-state index contributed by atoms with van der Waals surface area (Å²) in [4.78, 5) is 12.0. The molecular weight excluding hydrogens is 378 g/mol. The molecule has 0 radical (unpaired) electrons. The zero-order chi connectivity index (χ0) is 19.8. The van der Waals surface area contributed by atoms with Gasteiger partial charge in [0.2, 0.25) is 0 Å². The molecule has 26 heavy (non-hydrogen) atoms. The van der Waals surface area contributed by atoms with Crippen LogP contribution < -0.4 is 4.72 Å². The molecule has 0 amide bonds. The van der Waals surface area contributed by atoms with Crippen molar-refractivity contribution in [3.8, 4) is 5.75 Å². The second-order valence-electron chi connectivity index (χ2n) is 6.08. The highest BCUT2D eigenvalue weighted by molar-refractivity contribution is 7.92. The van der Waals surface area contributed by atoms with Crippen LogP contribution in [0.3, 0.4) is 0 Å². The van der Waals surface area contributed by atoms with Crippen LogP contribution in [0.15, 0.2) is 23.1 Å². The summed E-state index contributed by atoms with van der Waals surface area (Å²) < 4.78 is 32.9. The highest BCUT2D eigenvalue weighted by Gasteiger charge is 2.24. The molecule has 0 aliphatic rings. The number of benzene rings is 2. The average molecular weight is 398 g/mol. The maximum atomic E-state index is 12.9. The van der Waals surface area contributed by atoms with E-state index in [4.69, 9.17) is 11.6 Å². The number of esters is 1. The Morgan fingerprint density at radius 1 is 1.12 bits per heavy atom. The Kier molecular flexibility index (Phi) is 5.53. The smallest absolute Gasteiger partial charge is 0.341 e. The fraction of sp³-hybridized carbons (Fsp3) is 0.278. The standard InChI is InChI=1S/C18H20ClNO5S/c1-9-6-10(2)17(11(3)7-9)26(23,24)20-14-8-13(18(22)25-5)16(21)15(19)12(14)4/h6-8,20-21H,1-5H3. The molecule has 0 fully saturated rings. The van der Waals surface area contributed by atoms with Gasteiger partial charge in [-0.05, 0) is 50.5 Å². The Hall–Kier alpha value is -2.25. The second-order valence-corrected chi connectivity index (χ2v) is 8.08. The van der Waals surface area contributed by atoms with Crippen LogP contribution in [-0.2, 0) is 14.8 Å². The first-order valence-electron chi connectivity index (χ1n) is 7.70. The van der Waals surface area contributed by atoms with Gasteiger partial charge in [-0.15, -0.1) is 0 Å². The van der Waals surface area contributed by atoms with Crippen molar-refractivity contribution < 1.29 is 23.1 Å². The first kappa shape index (κ1) is 20.1. The predicted molar refractivity (Wildman–Crippen MR) is 101 cm³/mol. The average Bonchev–Trinajstić information content (AvgIpc) is 2.53. The minimum atomic E-state index is -3.94. The van der Waals surface area contributed by atoms with Gasteiger partial charge in [0.1, 0.15) is 11.3 Å². The molecule has 0 aliphatic carbocycles. The third kappa shape index (κ3) is 3.64. The van der Waals surface area contributed by atoms with Crippen LogP contribution >= 0.6 is 11.6 Å². The Balaban J connectivity index is 2.61. The molecule has 0 heterocycles. The van der Waals surface area contributed by atoms with Gasteiger partial charge in [0, 0.05) is 0 Å². The van der Waals surface area contributed by atoms with Gasteiger partial charge >= 0.3 is 5.97 Å². The number of hydrogen-bond acceptors (Lipinski definition) is 5. The number of phenols is 1. The number of sulfonamides is 1. The van der Waals surface area contributed by atoms with E-state index in [9.17, 15) is 18.3 Å². The third-order valence-corrected chi connectivity index (χ3v) is 6.14. The molecule has 2 aromatic carbocycles. The van der Waals surface area contributed by atoms with E-state index in [0.717, 1.165) is 12.7 Å².